The van der Waals surface area contributed by atoms with Crippen LogP contribution in [-0.2, 0) is 22.6 Å². The molecule has 0 spiro atoms. The average molecular weight is 359 g/mol. The molecular formula is C19H22FN3O3. The van der Waals surface area contributed by atoms with Crippen molar-refractivity contribution in [3.05, 3.63) is 47.8 Å². The minimum atomic E-state index is -0.360. The molecule has 2 atom stereocenters. The standard InChI is InChI=1S/C19H22FN3O3/c1-2-22-8-7-21-18(22)17-13(6-10-26-17)19(24)23-9-11-25-16-5-3-4-15(20)14(16)12-23/h3-5,7-8,13,17H,2,6,9-12H2,1H3/t13-,17-/m1/s1. The molecule has 2 aliphatic heterocycles. The van der Waals surface area contributed by atoms with Gasteiger partial charge in [0, 0.05) is 31.1 Å². The Labute approximate surface area is 151 Å². The van der Waals surface area contributed by atoms with Gasteiger partial charge in [0.25, 0.3) is 0 Å². The van der Waals surface area contributed by atoms with Crippen molar-refractivity contribution in [3.63, 3.8) is 0 Å². The summed E-state index contributed by atoms with van der Waals surface area (Å²) in [5.74, 6) is 0.610. The molecule has 3 heterocycles. The molecule has 6 nitrogen and oxygen atoms in total. The largest absolute Gasteiger partial charge is 0.491 e. The number of rotatable bonds is 3. The van der Waals surface area contributed by atoms with Crippen LogP contribution in [0.4, 0.5) is 4.39 Å². The first-order valence-corrected chi connectivity index (χ1v) is 9.00. The highest BCUT2D eigenvalue weighted by atomic mass is 19.1. The van der Waals surface area contributed by atoms with E-state index in [4.69, 9.17) is 9.47 Å². The molecule has 1 aromatic carbocycles. The van der Waals surface area contributed by atoms with Crippen molar-refractivity contribution in [3.8, 4) is 5.75 Å². The minimum Gasteiger partial charge on any atom is -0.491 e. The van der Waals surface area contributed by atoms with Gasteiger partial charge in [-0.1, -0.05) is 6.07 Å². The Kier molecular flexibility index (Phi) is 4.63. The van der Waals surface area contributed by atoms with Crippen molar-refractivity contribution in [1.29, 1.82) is 0 Å². The second kappa shape index (κ2) is 7.07. The number of imidazole rings is 1. The molecule has 1 amide bonds. The number of amides is 1. The predicted molar refractivity (Wildman–Crippen MR) is 92.0 cm³/mol. The molecule has 1 saturated heterocycles. The summed E-state index contributed by atoms with van der Waals surface area (Å²) in [6, 6.07) is 4.76. The summed E-state index contributed by atoms with van der Waals surface area (Å²) < 4.78 is 27.7. The van der Waals surface area contributed by atoms with Crippen LogP contribution in [0.3, 0.4) is 0 Å². The Bertz CT molecular complexity index is 807. The average Bonchev–Trinajstić information content (AvgIpc) is 3.25. The van der Waals surface area contributed by atoms with Crippen LogP contribution in [0.2, 0.25) is 0 Å². The molecule has 0 unspecified atom stereocenters. The SMILES string of the molecule is CCn1ccnc1[C@@H]1OCC[C@H]1C(=O)N1CCOc2cccc(F)c2C1. The van der Waals surface area contributed by atoms with E-state index in [-0.39, 0.29) is 30.3 Å². The molecule has 0 aliphatic carbocycles. The highest BCUT2D eigenvalue weighted by molar-refractivity contribution is 5.80. The molecule has 26 heavy (non-hydrogen) atoms. The maximum atomic E-state index is 14.2. The lowest BCUT2D eigenvalue weighted by molar-refractivity contribution is -0.138. The maximum Gasteiger partial charge on any atom is 0.229 e. The highest BCUT2D eigenvalue weighted by Gasteiger charge is 2.40. The predicted octanol–water partition coefficient (Wildman–Crippen LogP) is 2.54. The van der Waals surface area contributed by atoms with E-state index in [9.17, 15) is 9.18 Å². The lowest BCUT2D eigenvalue weighted by atomic mass is 9.98. The Morgan fingerprint density at radius 1 is 1.38 bits per heavy atom. The van der Waals surface area contributed by atoms with E-state index < -0.39 is 0 Å². The van der Waals surface area contributed by atoms with Gasteiger partial charge in [-0.3, -0.25) is 4.79 Å². The number of aryl methyl sites for hydroxylation is 1. The molecule has 0 radical (unpaired) electrons. The van der Waals surface area contributed by atoms with Gasteiger partial charge >= 0.3 is 0 Å². The van der Waals surface area contributed by atoms with Crippen LogP contribution < -0.4 is 4.74 Å². The number of halogens is 1. The quantitative estimate of drug-likeness (QED) is 0.845. The van der Waals surface area contributed by atoms with Crippen LogP contribution in [0.5, 0.6) is 5.75 Å². The molecule has 0 bridgehead atoms. The van der Waals surface area contributed by atoms with Crippen molar-refractivity contribution in [2.75, 3.05) is 19.8 Å². The number of nitrogens with zero attached hydrogens (tertiary/aromatic N) is 3. The van der Waals surface area contributed by atoms with Gasteiger partial charge < -0.3 is 18.9 Å². The van der Waals surface area contributed by atoms with Crippen molar-refractivity contribution < 1.29 is 18.7 Å². The second-order valence-corrected chi connectivity index (χ2v) is 6.58. The van der Waals surface area contributed by atoms with Crippen molar-refractivity contribution in [1.82, 2.24) is 14.5 Å². The van der Waals surface area contributed by atoms with Crippen LogP contribution in [0.15, 0.2) is 30.6 Å². The van der Waals surface area contributed by atoms with Crippen LogP contribution in [0.25, 0.3) is 0 Å². The summed E-state index contributed by atoms with van der Waals surface area (Å²) in [4.78, 5) is 19.3. The topological polar surface area (TPSA) is 56.6 Å². The number of aromatic nitrogens is 2. The first-order chi connectivity index (χ1) is 12.7. The Morgan fingerprint density at radius 2 is 2.27 bits per heavy atom. The first kappa shape index (κ1) is 17.0. The summed E-state index contributed by atoms with van der Waals surface area (Å²) >= 11 is 0. The van der Waals surface area contributed by atoms with Gasteiger partial charge in [-0.25, -0.2) is 9.37 Å². The van der Waals surface area contributed by atoms with Gasteiger partial charge in [-0.15, -0.1) is 0 Å². The molecule has 138 valence electrons. The van der Waals surface area contributed by atoms with Crippen molar-refractivity contribution in [2.24, 2.45) is 5.92 Å². The van der Waals surface area contributed by atoms with E-state index >= 15 is 0 Å². The number of hydrogen-bond donors (Lipinski definition) is 0. The summed E-state index contributed by atoms with van der Waals surface area (Å²) in [5.41, 5.74) is 0.434. The van der Waals surface area contributed by atoms with Gasteiger partial charge in [-0.2, -0.15) is 0 Å². The van der Waals surface area contributed by atoms with Gasteiger partial charge in [0.2, 0.25) is 5.91 Å². The fourth-order valence-corrected chi connectivity index (χ4v) is 3.73. The molecule has 0 N–H and O–H groups in total. The molecule has 0 saturated carbocycles. The molecule has 7 heteroatoms. The maximum absolute atomic E-state index is 14.2. The molecule has 2 aliphatic rings. The summed E-state index contributed by atoms with van der Waals surface area (Å²) in [7, 11) is 0. The monoisotopic (exact) mass is 359 g/mol. The molecule has 2 aromatic rings. The summed E-state index contributed by atoms with van der Waals surface area (Å²) in [5, 5.41) is 0. The summed E-state index contributed by atoms with van der Waals surface area (Å²) in [6.45, 7) is 4.32. The molecule has 4 rings (SSSR count). The number of carbonyl (C=O) groups is 1. The zero-order valence-electron chi connectivity index (χ0n) is 14.7. The van der Waals surface area contributed by atoms with E-state index in [1.54, 1.807) is 23.2 Å². The minimum absolute atomic E-state index is 0.0298. The normalized spacial score (nSPS) is 22.6. The fraction of sp³-hybridized carbons (Fsp3) is 0.474. The third-order valence-electron chi connectivity index (χ3n) is 5.11. The second-order valence-electron chi connectivity index (χ2n) is 6.58. The van der Waals surface area contributed by atoms with E-state index in [0.29, 0.717) is 37.5 Å². The Hall–Kier alpha value is -2.41. The van der Waals surface area contributed by atoms with Crippen LogP contribution in [-0.4, -0.2) is 40.1 Å². The molecule has 1 fully saturated rings. The first-order valence-electron chi connectivity index (χ1n) is 9.00. The lowest BCUT2D eigenvalue weighted by Crippen LogP contribution is -2.38. The van der Waals surface area contributed by atoms with E-state index in [2.05, 4.69) is 4.98 Å². The highest BCUT2D eigenvalue weighted by Crippen LogP contribution is 2.36. The van der Waals surface area contributed by atoms with Crippen LogP contribution in [0, 0.1) is 11.7 Å². The fourth-order valence-electron chi connectivity index (χ4n) is 3.73. The summed E-state index contributed by atoms with van der Waals surface area (Å²) in [6.07, 6.45) is 3.90. The van der Waals surface area contributed by atoms with E-state index in [1.807, 2.05) is 17.7 Å². The Balaban J connectivity index is 1.58. The number of hydrogen-bond acceptors (Lipinski definition) is 4. The van der Waals surface area contributed by atoms with Crippen LogP contribution >= 0.6 is 0 Å². The number of fused-ring (bicyclic) bond motifs is 1. The van der Waals surface area contributed by atoms with Gasteiger partial charge in [-0.05, 0) is 25.5 Å². The third kappa shape index (κ3) is 2.96. The van der Waals surface area contributed by atoms with E-state index in [1.165, 1.54) is 6.07 Å². The zero-order valence-corrected chi connectivity index (χ0v) is 14.7. The third-order valence-corrected chi connectivity index (χ3v) is 5.11. The zero-order chi connectivity index (χ0) is 18.1. The van der Waals surface area contributed by atoms with Gasteiger partial charge in [0.1, 0.15) is 30.1 Å². The van der Waals surface area contributed by atoms with Gasteiger partial charge in [0.15, 0.2) is 0 Å². The number of ether oxygens (including phenoxy) is 2. The Morgan fingerprint density at radius 3 is 3.12 bits per heavy atom. The number of carbonyl (C=O) groups excluding carboxylic acids is 1. The number of benzene rings is 1. The lowest BCUT2D eigenvalue weighted by Gasteiger charge is -2.26. The smallest absolute Gasteiger partial charge is 0.229 e. The van der Waals surface area contributed by atoms with E-state index in [0.717, 1.165) is 12.4 Å². The van der Waals surface area contributed by atoms with Crippen molar-refractivity contribution >= 4 is 5.91 Å². The van der Waals surface area contributed by atoms with Crippen molar-refractivity contribution in [2.45, 2.75) is 32.5 Å². The van der Waals surface area contributed by atoms with Gasteiger partial charge in [0.05, 0.1) is 19.0 Å². The molecule has 1 aromatic heterocycles. The molecular weight excluding hydrogens is 337 g/mol. The van der Waals surface area contributed by atoms with Crippen LogP contribution in [0.1, 0.15) is 30.8 Å².